The van der Waals surface area contributed by atoms with Gasteiger partial charge in [0.15, 0.2) is 0 Å². The van der Waals surface area contributed by atoms with Gasteiger partial charge in [-0.25, -0.2) is 4.79 Å². The molecule has 0 saturated carbocycles. The van der Waals surface area contributed by atoms with Gasteiger partial charge >= 0.3 is 13.6 Å². The molecule has 0 atom stereocenters. The summed E-state index contributed by atoms with van der Waals surface area (Å²) in [4.78, 5) is 11.1. The van der Waals surface area contributed by atoms with E-state index in [1.165, 1.54) is 0 Å². The quantitative estimate of drug-likeness (QED) is 0.277. The summed E-state index contributed by atoms with van der Waals surface area (Å²) in [5.74, 6) is -0.437. The molecule has 0 saturated heterocycles. The molecule has 0 aliphatic carbocycles. The fourth-order valence-electron chi connectivity index (χ4n) is 1.11. The van der Waals surface area contributed by atoms with Crippen molar-refractivity contribution >= 4 is 13.6 Å². The van der Waals surface area contributed by atoms with Gasteiger partial charge in [-0.2, -0.15) is 0 Å². The third-order valence-corrected chi connectivity index (χ3v) is 3.98. The Bertz CT molecular complexity index is 290. The lowest BCUT2D eigenvalue weighted by Gasteiger charge is -2.16. The molecule has 0 amide bonds. The summed E-state index contributed by atoms with van der Waals surface area (Å²) < 4.78 is 27.1. The standard InChI is InChI=1S/C11H21O5P/c1-5-15-17(13,16-6-2)9-7-8-14-11(12)10(3)4/h3,5-9H2,1-2,4H3. The summed E-state index contributed by atoms with van der Waals surface area (Å²) in [5.41, 5.74) is 0.350. The fourth-order valence-corrected chi connectivity index (χ4v) is 2.74. The monoisotopic (exact) mass is 264 g/mol. The molecule has 0 aliphatic rings. The summed E-state index contributed by atoms with van der Waals surface area (Å²) in [6.07, 6.45) is 0.689. The molecule has 5 nitrogen and oxygen atoms in total. The van der Waals surface area contributed by atoms with Crippen LogP contribution in [0.5, 0.6) is 0 Å². The molecule has 0 aromatic carbocycles. The second-order valence-electron chi connectivity index (χ2n) is 3.44. The lowest BCUT2D eigenvalue weighted by Crippen LogP contribution is -2.08. The summed E-state index contributed by atoms with van der Waals surface area (Å²) in [5, 5.41) is 0. The summed E-state index contributed by atoms with van der Waals surface area (Å²) in [7, 11) is -3.02. The summed E-state index contributed by atoms with van der Waals surface area (Å²) in [6, 6.07) is 0. The normalized spacial score (nSPS) is 11.2. The van der Waals surface area contributed by atoms with E-state index in [1.807, 2.05) is 0 Å². The maximum atomic E-state index is 12.0. The average Bonchev–Trinajstić information content (AvgIpc) is 2.24. The molecule has 0 aliphatic heterocycles. The van der Waals surface area contributed by atoms with Crippen molar-refractivity contribution in [2.75, 3.05) is 26.0 Å². The van der Waals surface area contributed by atoms with Gasteiger partial charge in [-0.05, 0) is 27.2 Å². The summed E-state index contributed by atoms with van der Waals surface area (Å²) >= 11 is 0. The Labute approximate surface area is 103 Å². The second-order valence-corrected chi connectivity index (χ2v) is 5.63. The van der Waals surface area contributed by atoms with Crippen LogP contribution in [-0.4, -0.2) is 32.0 Å². The molecular formula is C11H21O5P. The molecule has 0 N–H and O–H groups in total. The van der Waals surface area contributed by atoms with E-state index in [0.29, 0.717) is 25.2 Å². The lowest BCUT2D eigenvalue weighted by atomic mass is 10.4. The molecule has 0 unspecified atom stereocenters. The van der Waals surface area contributed by atoms with Crippen molar-refractivity contribution < 1.29 is 23.1 Å². The zero-order chi connectivity index (χ0) is 13.3. The van der Waals surface area contributed by atoms with E-state index in [4.69, 9.17) is 13.8 Å². The molecule has 0 bridgehead atoms. The molecule has 100 valence electrons. The first-order valence-electron chi connectivity index (χ1n) is 5.66. The molecule has 17 heavy (non-hydrogen) atoms. The highest BCUT2D eigenvalue weighted by atomic mass is 31.2. The first kappa shape index (κ1) is 16.4. The van der Waals surface area contributed by atoms with Gasteiger partial charge in [-0.3, -0.25) is 4.57 Å². The second kappa shape index (κ2) is 8.45. The Hall–Kier alpha value is -0.640. The number of hydrogen-bond acceptors (Lipinski definition) is 5. The number of ether oxygens (including phenoxy) is 1. The molecule has 0 aromatic heterocycles. The van der Waals surface area contributed by atoms with Gasteiger partial charge in [0.05, 0.1) is 26.0 Å². The van der Waals surface area contributed by atoms with Crippen molar-refractivity contribution in [3.8, 4) is 0 Å². The minimum Gasteiger partial charge on any atom is -0.462 e. The molecule has 0 aromatic rings. The number of hydrogen-bond donors (Lipinski definition) is 0. The smallest absolute Gasteiger partial charge is 0.333 e. The van der Waals surface area contributed by atoms with Crippen LogP contribution >= 0.6 is 7.60 Å². The Morgan fingerprint density at radius 2 is 1.76 bits per heavy atom. The van der Waals surface area contributed by atoms with E-state index < -0.39 is 13.6 Å². The zero-order valence-corrected chi connectivity index (χ0v) is 11.6. The molecular weight excluding hydrogens is 243 g/mol. The Morgan fingerprint density at radius 1 is 1.24 bits per heavy atom. The molecule has 0 rings (SSSR count). The highest BCUT2D eigenvalue weighted by Gasteiger charge is 2.22. The van der Waals surface area contributed by atoms with E-state index >= 15 is 0 Å². The van der Waals surface area contributed by atoms with Gasteiger partial charge in [0.2, 0.25) is 0 Å². The van der Waals surface area contributed by atoms with Gasteiger partial charge in [0, 0.05) is 5.57 Å². The number of carbonyl (C=O) groups excluding carboxylic acids is 1. The van der Waals surface area contributed by atoms with E-state index in [-0.39, 0.29) is 12.8 Å². The molecule has 0 radical (unpaired) electrons. The highest BCUT2D eigenvalue weighted by molar-refractivity contribution is 7.53. The third kappa shape index (κ3) is 7.31. The lowest BCUT2D eigenvalue weighted by molar-refractivity contribution is -0.138. The minimum absolute atomic E-state index is 0.190. The highest BCUT2D eigenvalue weighted by Crippen LogP contribution is 2.48. The van der Waals surface area contributed by atoms with Gasteiger partial charge in [0.25, 0.3) is 0 Å². The van der Waals surface area contributed by atoms with Crippen LogP contribution in [0.15, 0.2) is 12.2 Å². The van der Waals surface area contributed by atoms with Crippen LogP contribution in [0, 0.1) is 0 Å². The topological polar surface area (TPSA) is 61.8 Å². The molecule has 6 heteroatoms. The van der Waals surface area contributed by atoms with Crippen molar-refractivity contribution in [1.82, 2.24) is 0 Å². The largest absolute Gasteiger partial charge is 0.462 e. The van der Waals surface area contributed by atoms with Crippen molar-refractivity contribution in [2.24, 2.45) is 0 Å². The molecule has 0 spiro atoms. The third-order valence-electron chi connectivity index (χ3n) is 1.81. The van der Waals surface area contributed by atoms with Gasteiger partial charge in [-0.1, -0.05) is 6.58 Å². The number of rotatable bonds is 9. The predicted molar refractivity (Wildman–Crippen MR) is 66.1 cm³/mol. The van der Waals surface area contributed by atoms with Crippen LogP contribution in [-0.2, 0) is 23.1 Å². The van der Waals surface area contributed by atoms with Gasteiger partial charge in [0.1, 0.15) is 0 Å². The van der Waals surface area contributed by atoms with Crippen molar-refractivity contribution in [2.45, 2.75) is 27.2 Å². The minimum atomic E-state index is -3.02. The van der Waals surface area contributed by atoms with Gasteiger partial charge < -0.3 is 13.8 Å². The van der Waals surface area contributed by atoms with Crippen molar-refractivity contribution in [3.05, 3.63) is 12.2 Å². The first-order valence-corrected chi connectivity index (χ1v) is 7.38. The molecule has 0 heterocycles. The van der Waals surface area contributed by atoms with Crippen LogP contribution in [0.1, 0.15) is 27.2 Å². The van der Waals surface area contributed by atoms with E-state index in [2.05, 4.69) is 6.58 Å². The van der Waals surface area contributed by atoms with E-state index in [9.17, 15) is 9.36 Å². The predicted octanol–water partition coefficient (Wildman–Crippen LogP) is 2.76. The van der Waals surface area contributed by atoms with Crippen LogP contribution in [0.2, 0.25) is 0 Å². The first-order chi connectivity index (χ1) is 7.95. The van der Waals surface area contributed by atoms with E-state index in [1.54, 1.807) is 20.8 Å². The molecule has 0 fully saturated rings. The Morgan fingerprint density at radius 3 is 2.18 bits per heavy atom. The Kier molecular flexibility index (Phi) is 8.13. The van der Waals surface area contributed by atoms with Gasteiger partial charge in [-0.15, -0.1) is 0 Å². The Balaban J connectivity index is 3.95. The zero-order valence-electron chi connectivity index (χ0n) is 10.7. The van der Waals surface area contributed by atoms with Crippen molar-refractivity contribution in [1.29, 1.82) is 0 Å². The van der Waals surface area contributed by atoms with Crippen LogP contribution in [0.3, 0.4) is 0 Å². The SMILES string of the molecule is C=C(C)C(=O)OCCCP(=O)(OCC)OCC. The number of carbonyl (C=O) groups is 1. The summed E-state index contributed by atoms with van der Waals surface area (Å²) in [6.45, 7) is 9.42. The van der Waals surface area contributed by atoms with Crippen LogP contribution in [0.25, 0.3) is 0 Å². The average molecular weight is 264 g/mol. The maximum absolute atomic E-state index is 12.0. The fraction of sp³-hybridized carbons (Fsp3) is 0.727. The number of esters is 1. The van der Waals surface area contributed by atoms with Crippen LogP contribution < -0.4 is 0 Å². The van der Waals surface area contributed by atoms with E-state index in [0.717, 1.165) is 0 Å². The maximum Gasteiger partial charge on any atom is 0.333 e. The van der Waals surface area contributed by atoms with Crippen molar-refractivity contribution in [3.63, 3.8) is 0 Å². The van der Waals surface area contributed by atoms with Crippen LogP contribution in [0.4, 0.5) is 0 Å².